The average molecular weight is 282 g/mol. The van der Waals surface area contributed by atoms with Crippen LogP contribution in [0.2, 0.25) is 0 Å². The molecule has 0 aliphatic rings. The van der Waals surface area contributed by atoms with Crippen molar-refractivity contribution in [2.45, 2.75) is 0 Å². The highest BCUT2D eigenvalue weighted by Crippen LogP contribution is 2.26. The summed E-state index contributed by atoms with van der Waals surface area (Å²) in [6, 6.07) is 11.5. The lowest BCUT2D eigenvalue weighted by Gasteiger charge is -2.04. The van der Waals surface area contributed by atoms with E-state index in [0.717, 1.165) is 6.07 Å². The van der Waals surface area contributed by atoms with E-state index in [2.05, 4.69) is 0 Å². The molecule has 0 saturated heterocycles. The smallest absolute Gasteiger partial charge is 0.200 e. The second kappa shape index (κ2) is 4.12. The van der Waals surface area contributed by atoms with Crippen molar-refractivity contribution in [3.8, 4) is 0 Å². The average Bonchev–Trinajstić information content (AvgIpc) is 2.47. The first-order chi connectivity index (χ1) is 10.1. The van der Waals surface area contributed by atoms with E-state index in [1.807, 2.05) is 0 Å². The van der Waals surface area contributed by atoms with Gasteiger partial charge in [-0.05, 0) is 41.8 Å². The Morgan fingerprint density at radius 1 is 0.810 bits per heavy atom. The summed E-state index contributed by atoms with van der Waals surface area (Å²) in [6.45, 7) is 0. The molecule has 0 atom stereocenters. The molecule has 0 fully saturated rings. The molecule has 3 aromatic carbocycles. The Morgan fingerprint density at radius 2 is 1.62 bits per heavy atom. The number of hydrogen-bond acceptors (Lipinski definition) is 2. The van der Waals surface area contributed by atoms with Gasteiger partial charge in [-0.25, -0.2) is 8.78 Å². The van der Waals surface area contributed by atoms with Gasteiger partial charge in [0.2, 0.25) is 5.43 Å². The van der Waals surface area contributed by atoms with Gasteiger partial charge < -0.3 is 4.42 Å². The van der Waals surface area contributed by atoms with E-state index in [1.165, 1.54) is 24.3 Å². The van der Waals surface area contributed by atoms with Gasteiger partial charge in [0, 0.05) is 5.39 Å². The number of hydrogen-bond donors (Lipinski definition) is 0. The maximum atomic E-state index is 13.8. The molecule has 21 heavy (non-hydrogen) atoms. The minimum atomic E-state index is -0.513. The summed E-state index contributed by atoms with van der Waals surface area (Å²) < 4.78 is 32.8. The maximum Gasteiger partial charge on any atom is 0.200 e. The van der Waals surface area contributed by atoms with E-state index in [9.17, 15) is 13.6 Å². The third-order valence-electron chi connectivity index (χ3n) is 3.58. The van der Waals surface area contributed by atoms with Gasteiger partial charge in [0.25, 0.3) is 0 Å². The molecule has 1 aromatic heterocycles. The van der Waals surface area contributed by atoms with Crippen LogP contribution in [0.4, 0.5) is 8.78 Å². The van der Waals surface area contributed by atoms with E-state index in [0.29, 0.717) is 21.9 Å². The molecular formula is C17H8F2O2. The SMILES string of the molecule is O=c1c2cc(F)ccc2oc2cc3cccc(F)c3cc12. The fourth-order valence-electron chi connectivity index (χ4n) is 2.56. The van der Waals surface area contributed by atoms with Gasteiger partial charge in [-0.3, -0.25) is 4.79 Å². The molecule has 0 amide bonds. The van der Waals surface area contributed by atoms with Gasteiger partial charge in [-0.2, -0.15) is 0 Å². The zero-order chi connectivity index (χ0) is 14.6. The summed E-state index contributed by atoms with van der Waals surface area (Å²) in [7, 11) is 0. The van der Waals surface area contributed by atoms with Crippen LogP contribution in [-0.4, -0.2) is 0 Å². The van der Waals surface area contributed by atoms with Crippen molar-refractivity contribution in [3.63, 3.8) is 0 Å². The van der Waals surface area contributed by atoms with Crippen molar-refractivity contribution in [2.24, 2.45) is 0 Å². The van der Waals surface area contributed by atoms with Crippen molar-refractivity contribution < 1.29 is 13.2 Å². The predicted octanol–water partition coefficient (Wildman–Crippen LogP) is 4.38. The van der Waals surface area contributed by atoms with Crippen LogP contribution in [0.3, 0.4) is 0 Å². The van der Waals surface area contributed by atoms with Crippen molar-refractivity contribution in [1.29, 1.82) is 0 Å². The summed E-state index contributed by atoms with van der Waals surface area (Å²) in [5.41, 5.74) is 0.303. The number of rotatable bonds is 0. The van der Waals surface area contributed by atoms with Gasteiger partial charge in [-0.1, -0.05) is 12.1 Å². The van der Waals surface area contributed by atoms with Crippen LogP contribution < -0.4 is 5.43 Å². The normalized spacial score (nSPS) is 11.5. The molecule has 0 N–H and O–H groups in total. The second-order valence-electron chi connectivity index (χ2n) is 4.88. The fourth-order valence-corrected chi connectivity index (χ4v) is 2.56. The molecule has 2 nitrogen and oxygen atoms in total. The highest BCUT2D eigenvalue weighted by molar-refractivity contribution is 5.99. The Balaban J connectivity index is 2.26. The third kappa shape index (κ3) is 1.72. The highest BCUT2D eigenvalue weighted by atomic mass is 19.1. The monoisotopic (exact) mass is 282 g/mol. The van der Waals surface area contributed by atoms with Crippen LogP contribution in [0.25, 0.3) is 32.7 Å². The summed E-state index contributed by atoms with van der Waals surface area (Å²) in [5, 5.41) is 1.38. The van der Waals surface area contributed by atoms with Gasteiger partial charge in [-0.15, -0.1) is 0 Å². The fraction of sp³-hybridized carbons (Fsp3) is 0. The molecule has 102 valence electrons. The van der Waals surface area contributed by atoms with E-state index in [1.54, 1.807) is 18.2 Å². The van der Waals surface area contributed by atoms with Crippen LogP contribution in [0.15, 0.2) is 57.7 Å². The zero-order valence-electron chi connectivity index (χ0n) is 10.7. The summed E-state index contributed by atoms with van der Waals surface area (Å²) in [6.07, 6.45) is 0. The highest BCUT2D eigenvalue weighted by Gasteiger charge is 2.11. The lowest BCUT2D eigenvalue weighted by atomic mass is 10.1. The van der Waals surface area contributed by atoms with E-state index in [-0.39, 0.29) is 16.2 Å². The largest absolute Gasteiger partial charge is 0.456 e. The Kier molecular flexibility index (Phi) is 2.36. The first-order valence-corrected chi connectivity index (χ1v) is 6.38. The van der Waals surface area contributed by atoms with Crippen LogP contribution >= 0.6 is 0 Å². The lowest BCUT2D eigenvalue weighted by molar-refractivity contribution is 0.623. The van der Waals surface area contributed by atoms with Crippen molar-refractivity contribution in [1.82, 2.24) is 0 Å². The van der Waals surface area contributed by atoms with Crippen molar-refractivity contribution >= 4 is 32.7 Å². The molecule has 0 radical (unpaired) electrons. The molecule has 0 bridgehead atoms. The molecule has 4 rings (SSSR count). The molecule has 4 aromatic rings. The van der Waals surface area contributed by atoms with Crippen LogP contribution in [0, 0.1) is 11.6 Å². The number of benzene rings is 3. The molecule has 0 unspecified atom stereocenters. The van der Waals surface area contributed by atoms with Crippen molar-refractivity contribution in [3.05, 3.63) is 70.4 Å². The van der Waals surface area contributed by atoms with Crippen LogP contribution in [0.5, 0.6) is 0 Å². The van der Waals surface area contributed by atoms with Gasteiger partial charge >= 0.3 is 0 Å². The summed E-state index contributed by atoms with van der Waals surface area (Å²) in [5.74, 6) is -0.922. The molecule has 0 aliphatic carbocycles. The Labute approximate surface area is 117 Å². The predicted molar refractivity (Wildman–Crippen MR) is 77.4 cm³/mol. The molecule has 4 heteroatoms. The van der Waals surface area contributed by atoms with Crippen LogP contribution in [0.1, 0.15) is 0 Å². The van der Waals surface area contributed by atoms with Crippen molar-refractivity contribution in [2.75, 3.05) is 0 Å². The van der Waals surface area contributed by atoms with E-state index < -0.39 is 11.6 Å². The number of halogens is 2. The standard InChI is InChI=1S/C17H8F2O2/c18-10-4-5-15-12(7-10)17(20)13-8-11-9(6-16(13)21-15)2-1-3-14(11)19/h1-8H. The van der Waals surface area contributed by atoms with Gasteiger partial charge in [0.1, 0.15) is 22.8 Å². The Hall–Kier alpha value is -2.75. The van der Waals surface area contributed by atoms with E-state index in [4.69, 9.17) is 4.42 Å². The van der Waals surface area contributed by atoms with Crippen LogP contribution in [-0.2, 0) is 0 Å². The molecule has 0 saturated carbocycles. The Bertz CT molecular complexity index is 1080. The Morgan fingerprint density at radius 3 is 2.48 bits per heavy atom. The summed E-state index contributed by atoms with van der Waals surface area (Å²) in [4.78, 5) is 12.4. The maximum absolute atomic E-state index is 13.8. The molecule has 0 spiro atoms. The quantitative estimate of drug-likeness (QED) is 0.448. The van der Waals surface area contributed by atoms with E-state index >= 15 is 0 Å². The summed E-state index contributed by atoms with van der Waals surface area (Å²) >= 11 is 0. The third-order valence-corrected chi connectivity index (χ3v) is 3.58. The first kappa shape index (κ1) is 12.0. The van der Waals surface area contributed by atoms with Gasteiger partial charge in [0.15, 0.2) is 0 Å². The molecule has 0 aliphatic heterocycles. The van der Waals surface area contributed by atoms with Gasteiger partial charge in [0.05, 0.1) is 10.8 Å². The lowest BCUT2D eigenvalue weighted by Crippen LogP contribution is -2.02. The minimum Gasteiger partial charge on any atom is -0.456 e. The zero-order valence-corrected chi connectivity index (χ0v) is 10.7. The second-order valence-corrected chi connectivity index (χ2v) is 4.88. The topological polar surface area (TPSA) is 30.2 Å². The molecular weight excluding hydrogens is 274 g/mol. The minimum absolute atomic E-state index is 0.151. The number of fused-ring (bicyclic) bond motifs is 3. The molecule has 1 heterocycles. The first-order valence-electron chi connectivity index (χ1n) is 6.38.